The van der Waals surface area contributed by atoms with Crippen LogP contribution < -0.4 is 0 Å². The fourth-order valence-electron chi connectivity index (χ4n) is 6.33. The standard InChI is InChI=1S/C53H82O12S/c1-3-5-7-9-11-13-15-17-19-21-23-25-27-29-31-33-35-37-39-41-48(54)62-43-46(44-63-53-52(58)51(57)50(56)47(65-53)45-66(59,60)61)64-49(55)42-40-38-36-34-32-30-28-26-24-22-20-18-16-14-12-10-8-6-4-2/h5,7,11-14,17-20,23-26,29-32,36,38,46-47,50-53,56-58H,3-4,6,8-10,15-16,21-22,27-28,33-35,37,39-45H2,1-2H3,(H,59,60,61)/b7-5+,13-11+,14-12+,19-17+,20-18+,25-23+,26-24+,31-29+,32-30+,38-36+/t46-,47-,50-,51?,52?,53+/m1/s1. The van der Waals surface area contributed by atoms with Crippen LogP contribution in [0.4, 0.5) is 0 Å². The summed E-state index contributed by atoms with van der Waals surface area (Å²) in [5, 5.41) is 30.9. The van der Waals surface area contributed by atoms with Crippen LogP contribution in [-0.4, -0.2) is 96.0 Å². The van der Waals surface area contributed by atoms with Gasteiger partial charge in [-0.25, -0.2) is 0 Å². The third-order valence-corrected chi connectivity index (χ3v) is 10.8. The normalized spacial score (nSPS) is 20.5. The van der Waals surface area contributed by atoms with Crippen LogP contribution in [0.2, 0.25) is 0 Å². The van der Waals surface area contributed by atoms with Crippen LogP contribution in [-0.2, 0) is 38.7 Å². The molecule has 1 heterocycles. The van der Waals surface area contributed by atoms with E-state index < -0.39 is 71.2 Å². The minimum absolute atomic E-state index is 0.0251. The van der Waals surface area contributed by atoms with E-state index in [9.17, 15) is 37.9 Å². The Morgan fingerprint density at radius 3 is 1.45 bits per heavy atom. The Morgan fingerprint density at radius 2 is 0.985 bits per heavy atom. The van der Waals surface area contributed by atoms with Gasteiger partial charge in [-0.1, -0.05) is 155 Å². The van der Waals surface area contributed by atoms with Crippen molar-refractivity contribution in [2.75, 3.05) is 19.0 Å². The highest BCUT2D eigenvalue weighted by atomic mass is 32.2. The summed E-state index contributed by atoms with van der Waals surface area (Å²) in [4.78, 5) is 25.4. The first-order chi connectivity index (χ1) is 32.0. The second-order valence-corrected chi connectivity index (χ2v) is 17.5. The lowest BCUT2D eigenvalue weighted by Crippen LogP contribution is -2.60. The number of rotatable bonds is 38. The Balaban J connectivity index is 2.51. The van der Waals surface area contributed by atoms with Crippen molar-refractivity contribution < 1.29 is 56.8 Å². The molecule has 1 rings (SSSR count). The van der Waals surface area contributed by atoms with Gasteiger partial charge in [0, 0.05) is 12.8 Å². The first-order valence-electron chi connectivity index (χ1n) is 24.1. The molecule has 4 N–H and O–H groups in total. The number of carbonyl (C=O) groups excluding carboxylic acids is 2. The van der Waals surface area contributed by atoms with E-state index in [2.05, 4.69) is 117 Å². The van der Waals surface area contributed by atoms with Crippen molar-refractivity contribution in [3.8, 4) is 0 Å². The Bertz CT molecular complexity index is 1670. The van der Waals surface area contributed by atoms with Crippen molar-refractivity contribution in [3.63, 3.8) is 0 Å². The molecule has 0 aliphatic carbocycles. The fourth-order valence-corrected chi connectivity index (χ4v) is 7.02. The smallest absolute Gasteiger partial charge is 0.306 e. The molecule has 0 radical (unpaired) electrons. The molecule has 2 unspecified atom stereocenters. The maximum Gasteiger partial charge on any atom is 0.306 e. The molecule has 1 aliphatic heterocycles. The fraction of sp³-hybridized carbons (Fsp3) is 0.585. The lowest BCUT2D eigenvalue weighted by molar-refractivity contribution is -0.297. The van der Waals surface area contributed by atoms with Gasteiger partial charge in [0.2, 0.25) is 0 Å². The molecule has 1 saturated heterocycles. The summed E-state index contributed by atoms with van der Waals surface area (Å²) >= 11 is 0. The monoisotopic (exact) mass is 943 g/mol. The first-order valence-corrected chi connectivity index (χ1v) is 25.7. The Labute approximate surface area is 397 Å². The molecule has 12 nitrogen and oxygen atoms in total. The number of hydrogen-bond acceptors (Lipinski definition) is 11. The number of aliphatic hydroxyl groups is 3. The van der Waals surface area contributed by atoms with Crippen LogP contribution in [0, 0.1) is 0 Å². The van der Waals surface area contributed by atoms with Gasteiger partial charge in [-0.05, 0) is 96.3 Å². The molecular formula is C53H82O12S. The van der Waals surface area contributed by atoms with Gasteiger partial charge in [0.25, 0.3) is 10.1 Å². The summed E-state index contributed by atoms with van der Waals surface area (Å²) in [6, 6.07) is 0. The quantitative estimate of drug-likeness (QED) is 0.0199. The van der Waals surface area contributed by atoms with Gasteiger partial charge in [0.05, 0.1) is 6.61 Å². The molecule has 0 bridgehead atoms. The van der Waals surface area contributed by atoms with Gasteiger partial charge in [0.1, 0.15) is 36.8 Å². The van der Waals surface area contributed by atoms with Crippen LogP contribution in [0.5, 0.6) is 0 Å². The summed E-state index contributed by atoms with van der Waals surface area (Å²) in [6.07, 6.45) is 49.6. The number of aliphatic hydroxyl groups excluding tert-OH is 3. The molecule has 372 valence electrons. The average molecular weight is 943 g/mol. The van der Waals surface area contributed by atoms with Gasteiger partial charge in [-0.3, -0.25) is 14.1 Å². The largest absolute Gasteiger partial charge is 0.462 e. The highest BCUT2D eigenvalue weighted by Crippen LogP contribution is 2.24. The molecule has 66 heavy (non-hydrogen) atoms. The maximum absolute atomic E-state index is 12.8. The molecule has 0 aromatic rings. The Hall–Kier alpha value is -3.95. The molecule has 1 fully saturated rings. The lowest BCUT2D eigenvalue weighted by Gasteiger charge is -2.40. The topological polar surface area (TPSA) is 186 Å². The summed E-state index contributed by atoms with van der Waals surface area (Å²) in [5.74, 6) is -2.15. The lowest BCUT2D eigenvalue weighted by atomic mass is 10.00. The zero-order valence-corrected chi connectivity index (χ0v) is 40.6. The molecule has 0 spiro atoms. The van der Waals surface area contributed by atoms with E-state index in [1.165, 1.54) is 19.3 Å². The van der Waals surface area contributed by atoms with Crippen LogP contribution in [0.1, 0.15) is 142 Å². The van der Waals surface area contributed by atoms with E-state index in [-0.39, 0.29) is 19.4 Å². The van der Waals surface area contributed by atoms with Crippen molar-refractivity contribution in [1.82, 2.24) is 0 Å². The molecule has 0 amide bonds. The second kappa shape index (κ2) is 41.3. The zero-order valence-electron chi connectivity index (χ0n) is 39.7. The summed E-state index contributed by atoms with van der Waals surface area (Å²) in [7, 11) is -4.63. The second-order valence-electron chi connectivity index (χ2n) is 16.0. The minimum Gasteiger partial charge on any atom is -0.462 e. The van der Waals surface area contributed by atoms with Gasteiger partial charge in [-0.15, -0.1) is 0 Å². The van der Waals surface area contributed by atoms with E-state index in [1.807, 2.05) is 18.2 Å². The average Bonchev–Trinajstić information content (AvgIpc) is 3.28. The highest BCUT2D eigenvalue weighted by Gasteiger charge is 2.46. The minimum atomic E-state index is -4.63. The highest BCUT2D eigenvalue weighted by molar-refractivity contribution is 7.85. The van der Waals surface area contributed by atoms with Gasteiger partial charge >= 0.3 is 11.9 Å². The van der Waals surface area contributed by atoms with Crippen molar-refractivity contribution in [2.45, 2.75) is 179 Å². The van der Waals surface area contributed by atoms with Gasteiger partial charge < -0.3 is 34.3 Å². The molecule has 13 heteroatoms. The van der Waals surface area contributed by atoms with Crippen molar-refractivity contribution in [2.24, 2.45) is 0 Å². The van der Waals surface area contributed by atoms with Gasteiger partial charge in [-0.2, -0.15) is 8.42 Å². The van der Waals surface area contributed by atoms with E-state index in [0.717, 1.165) is 77.0 Å². The number of allylic oxidation sites excluding steroid dienone is 20. The summed E-state index contributed by atoms with van der Waals surface area (Å²) in [5.41, 5.74) is 0. The predicted octanol–water partition coefficient (Wildman–Crippen LogP) is 10.6. The number of ether oxygens (including phenoxy) is 4. The molecule has 0 aromatic carbocycles. The number of esters is 2. The molecule has 0 aromatic heterocycles. The van der Waals surface area contributed by atoms with Crippen LogP contribution >= 0.6 is 0 Å². The molecule has 6 atom stereocenters. The van der Waals surface area contributed by atoms with E-state index in [0.29, 0.717) is 19.3 Å². The molecular weight excluding hydrogens is 861 g/mol. The number of hydrogen-bond donors (Lipinski definition) is 4. The van der Waals surface area contributed by atoms with Crippen molar-refractivity contribution in [3.05, 3.63) is 122 Å². The number of carbonyl (C=O) groups is 2. The SMILES string of the molecule is CC/C=C/C/C=C/C/C=C/C/C=C/C/C=C/CCCCCC(=O)OC[C@H](CO[C@H]1O[C@H](CS(=O)(=O)O)[C@@H](O)C(O)C1O)OC(=O)CC/C=C/C/C=C/C/C=C/C/C=C/C/C=C/CCCCC. The Kier molecular flexibility index (Phi) is 37.5. The first kappa shape index (κ1) is 60.1. The van der Waals surface area contributed by atoms with Crippen LogP contribution in [0.3, 0.4) is 0 Å². The molecule has 1 aliphatic rings. The number of unbranched alkanes of at least 4 members (excludes halogenated alkanes) is 6. The Morgan fingerprint density at radius 1 is 0.530 bits per heavy atom. The van der Waals surface area contributed by atoms with Crippen molar-refractivity contribution in [1.29, 1.82) is 0 Å². The summed E-state index contributed by atoms with van der Waals surface area (Å²) < 4.78 is 54.0. The van der Waals surface area contributed by atoms with Gasteiger partial charge in [0.15, 0.2) is 12.4 Å². The van der Waals surface area contributed by atoms with E-state index >= 15 is 0 Å². The maximum atomic E-state index is 12.8. The van der Waals surface area contributed by atoms with E-state index in [1.54, 1.807) is 0 Å². The summed E-state index contributed by atoms with van der Waals surface area (Å²) in [6.45, 7) is 3.51. The van der Waals surface area contributed by atoms with Crippen LogP contribution in [0.15, 0.2) is 122 Å². The van der Waals surface area contributed by atoms with Crippen LogP contribution in [0.25, 0.3) is 0 Å². The molecule has 0 saturated carbocycles. The van der Waals surface area contributed by atoms with E-state index in [4.69, 9.17) is 18.9 Å². The third-order valence-electron chi connectivity index (χ3n) is 10.0. The predicted molar refractivity (Wildman–Crippen MR) is 265 cm³/mol. The third kappa shape index (κ3) is 35.3. The zero-order chi connectivity index (χ0) is 48.4. The van der Waals surface area contributed by atoms with Crippen molar-refractivity contribution >= 4 is 22.1 Å².